The molecule has 2 aliphatic rings. The minimum absolute atomic E-state index is 0.0214. The first-order valence-corrected chi connectivity index (χ1v) is 11.4. The van der Waals surface area contributed by atoms with E-state index in [0.29, 0.717) is 16.5 Å². The molecule has 0 radical (unpaired) electrons. The number of anilines is 1. The number of thioether (sulfide) groups is 1. The van der Waals surface area contributed by atoms with Crippen LogP contribution in [0.2, 0.25) is 5.02 Å². The molecule has 2 aromatic carbocycles. The maximum absolute atomic E-state index is 13.2. The molecule has 2 aromatic rings. The van der Waals surface area contributed by atoms with Gasteiger partial charge < -0.3 is 10.1 Å². The van der Waals surface area contributed by atoms with Crippen LogP contribution in [-0.2, 0) is 14.3 Å². The average molecular weight is 458 g/mol. The Hall–Kier alpha value is -2.32. The van der Waals surface area contributed by atoms with Crippen LogP contribution < -0.4 is 10.2 Å². The number of halogens is 1. The van der Waals surface area contributed by atoms with Crippen molar-refractivity contribution in [3.63, 3.8) is 0 Å². The summed E-state index contributed by atoms with van der Waals surface area (Å²) < 4.78 is 5.34. The van der Waals surface area contributed by atoms with Crippen LogP contribution in [0.3, 0.4) is 0 Å². The van der Waals surface area contributed by atoms with Gasteiger partial charge >= 0.3 is 0 Å². The van der Waals surface area contributed by atoms with E-state index in [1.54, 1.807) is 11.0 Å². The molecule has 2 aliphatic heterocycles. The van der Waals surface area contributed by atoms with Crippen LogP contribution in [0.4, 0.5) is 5.69 Å². The summed E-state index contributed by atoms with van der Waals surface area (Å²) in [4.78, 5) is 31.2. The molecule has 2 amide bonds. The van der Waals surface area contributed by atoms with Gasteiger partial charge in [-0.2, -0.15) is 0 Å². The number of carbonyl (C=O) groups excluding carboxylic acids is 2. The van der Waals surface area contributed by atoms with Gasteiger partial charge in [-0.05, 0) is 35.9 Å². The van der Waals surface area contributed by atoms with Crippen LogP contribution in [0.5, 0.6) is 0 Å². The Kier molecular flexibility index (Phi) is 7.29. The molecule has 0 unspecified atom stereocenters. The third-order valence-electron chi connectivity index (χ3n) is 5.13. The number of hydrogen-bond acceptors (Lipinski definition) is 5. The van der Waals surface area contributed by atoms with Crippen LogP contribution in [0.25, 0.3) is 6.08 Å². The van der Waals surface area contributed by atoms with Crippen molar-refractivity contribution in [1.82, 2.24) is 10.2 Å². The van der Waals surface area contributed by atoms with Gasteiger partial charge in [-0.25, -0.2) is 0 Å². The van der Waals surface area contributed by atoms with Crippen LogP contribution >= 0.6 is 23.4 Å². The smallest absolute Gasteiger partial charge is 0.265 e. The summed E-state index contributed by atoms with van der Waals surface area (Å²) in [5, 5.41) is 3.55. The number of hydrogen-bond donors (Lipinski definition) is 1. The average Bonchev–Trinajstić information content (AvgIpc) is 2.77. The zero-order valence-electron chi connectivity index (χ0n) is 17.1. The fourth-order valence-electron chi connectivity index (χ4n) is 3.54. The van der Waals surface area contributed by atoms with E-state index in [9.17, 15) is 9.59 Å². The second-order valence-electron chi connectivity index (χ2n) is 7.33. The fraction of sp³-hybridized carbons (Fsp3) is 0.304. The number of ether oxygens (including phenoxy) is 1. The van der Waals surface area contributed by atoms with Crippen molar-refractivity contribution in [2.75, 3.05) is 50.8 Å². The van der Waals surface area contributed by atoms with E-state index in [0.717, 1.165) is 49.0 Å². The minimum atomic E-state index is -0.188. The minimum Gasteiger partial charge on any atom is -0.379 e. The number of fused-ring (bicyclic) bond motifs is 1. The molecule has 8 heteroatoms. The highest BCUT2D eigenvalue weighted by molar-refractivity contribution is 8.04. The summed E-state index contributed by atoms with van der Waals surface area (Å²) in [7, 11) is 0. The first-order chi connectivity index (χ1) is 15.1. The molecule has 31 heavy (non-hydrogen) atoms. The Labute approximate surface area is 191 Å². The lowest BCUT2D eigenvalue weighted by atomic mass is 10.2. The summed E-state index contributed by atoms with van der Waals surface area (Å²) in [6, 6.07) is 15.0. The molecule has 6 nitrogen and oxygen atoms in total. The molecule has 2 heterocycles. The molecule has 0 spiro atoms. The predicted molar refractivity (Wildman–Crippen MR) is 124 cm³/mol. The Morgan fingerprint density at radius 2 is 1.97 bits per heavy atom. The van der Waals surface area contributed by atoms with Crippen LogP contribution in [0.15, 0.2) is 58.3 Å². The van der Waals surface area contributed by atoms with Crippen molar-refractivity contribution >= 4 is 46.9 Å². The van der Waals surface area contributed by atoms with Gasteiger partial charge in [0, 0.05) is 36.1 Å². The molecule has 1 fully saturated rings. The van der Waals surface area contributed by atoms with Gasteiger partial charge in [0.2, 0.25) is 5.91 Å². The van der Waals surface area contributed by atoms with Crippen molar-refractivity contribution in [2.45, 2.75) is 4.90 Å². The molecule has 4 rings (SSSR count). The zero-order valence-corrected chi connectivity index (χ0v) is 18.6. The maximum Gasteiger partial charge on any atom is 0.265 e. The molecular formula is C23H24ClN3O3S. The number of morpholine rings is 1. The second kappa shape index (κ2) is 10.3. The van der Waals surface area contributed by atoms with Crippen molar-refractivity contribution < 1.29 is 14.3 Å². The van der Waals surface area contributed by atoms with Gasteiger partial charge in [-0.15, -0.1) is 0 Å². The molecule has 0 bridgehead atoms. The molecule has 1 saturated heterocycles. The number of nitrogens with one attached hydrogen (secondary N) is 1. The van der Waals surface area contributed by atoms with E-state index in [1.807, 2.05) is 48.5 Å². The largest absolute Gasteiger partial charge is 0.379 e. The van der Waals surface area contributed by atoms with Crippen molar-refractivity contribution in [2.24, 2.45) is 0 Å². The van der Waals surface area contributed by atoms with Crippen LogP contribution in [-0.4, -0.2) is 62.7 Å². The second-order valence-corrected chi connectivity index (χ2v) is 8.85. The number of para-hydroxylation sites is 1. The first-order valence-electron chi connectivity index (χ1n) is 10.2. The molecule has 0 aliphatic carbocycles. The van der Waals surface area contributed by atoms with E-state index < -0.39 is 0 Å². The van der Waals surface area contributed by atoms with E-state index >= 15 is 0 Å². The number of benzene rings is 2. The van der Waals surface area contributed by atoms with Gasteiger partial charge in [-0.1, -0.05) is 47.6 Å². The quantitative estimate of drug-likeness (QED) is 0.674. The standard InChI is InChI=1S/C23H24ClN3O3S/c24-18-5-3-4-17(14-18)15-21-23(29)27(19-6-1-2-7-20(19)31-21)16-22(28)25-8-9-26-10-12-30-13-11-26/h1-7,14-15H,8-13,16H2,(H,25,28). The van der Waals surface area contributed by atoms with Crippen LogP contribution in [0.1, 0.15) is 5.56 Å². The summed E-state index contributed by atoms with van der Waals surface area (Å²) in [5.41, 5.74) is 1.60. The lowest BCUT2D eigenvalue weighted by molar-refractivity contribution is -0.122. The molecule has 162 valence electrons. The Morgan fingerprint density at radius 1 is 1.16 bits per heavy atom. The zero-order chi connectivity index (χ0) is 21.6. The highest BCUT2D eigenvalue weighted by atomic mass is 35.5. The molecule has 0 atom stereocenters. The van der Waals surface area contributed by atoms with Gasteiger partial charge in [0.15, 0.2) is 0 Å². The van der Waals surface area contributed by atoms with E-state index in [4.69, 9.17) is 16.3 Å². The predicted octanol–water partition coefficient (Wildman–Crippen LogP) is 3.27. The summed E-state index contributed by atoms with van der Waals surface area (Å²) >= 11 is 7.50. The Morgan fingerprint density at radius 3 is 2.77 bits per heavy atom. The highest BCUT2D eigenvalue weighted by Gasteiger charge is 2.30. The SMILES string of the molecule is O=C(CN1C(=O)C(=Cc2cccc(Cl)c2)Sc2ccccc21)NCCN1CCOCC1. The molecule has 0 saturated carbocycles. The number of amides is 2. The number of carbonyl (C=O) groups is 2. The lowest BCUT2D eigenvalue weighted by Gasteiger charge is -2.30. The lowest BCUT2D eigenvalue weighted by Crippen LogP contribution is -2.45. The summed E-state index contributed by atoms with van der Waals surface area (Å²) in [6.45, 7) is 4.51. The Bertz CT molecular complexity index is 992. The number of nitrogens with zero attached hydrogens (tertiary/aromatic N) is 2. The normalized spacial score (nSPS) is 18.2. The van der Waals surface area contributed by atoms with Crippen molar-refractivity contribution in [1.29, 1.82) is 0 Å². The first kappa shape index (κ1) is 21.9. The molecule has 1 N–H and O–H groups in total. The van der Waals surface area contributed by atoms with E-state index in [1.165, 1.54) is 11.8 Å². The van der Waals surface area contributed by atoms with Gasteiger partial charge in [-0.3, -0.25) is 19.4 Å². The summed E-state index contributed by atoms with van der Waals surface area (Å²) in [5.74, 6) is -0.363. The monoisotopic (exact) mass is 457 g/mol. The summed E-state index contributed by atoms with van der Waals surface area (Å²) in [6.07, 6.45) is 1.82. The third kappa shape index (κ3) is 5.68. The van der Waals surface area contributed by atoms with E-state index in [2.05, 4.69) is 10.2 Å². The van der Waals surface area contributed by atoms with Gasteiger partial charge in [0.25, 0.3) is 5.91 Å². The highest BCUT2D eigenvalue weighted by Crippen LogP contribution is 2.41. The Balaban J connectivity index is 1.46. The van der Waals surface area contributed by atoms with Crippen LogP contribution in [0, 0.1) is 0 Å². The molecular weight excluding hydrogens is 434 g/mol. The van der Waals surface area contributed by atoms with Gasteiger partial charge in [0.1, 0.15) is 6.54 Å². The molecule has 0 aromatic heterocycles. The maximum atomic E-state index is 13.2. The van der Waals surface area contributed by atoms with E-state index in [-0.39, 0.29) is 18.4 Å². The number of rotatable bonds is 6. The van der Waals surface area contributed by atoms with Crippen molar-refractivity contribution in [3.8, 4) is 0 Å². The van der Waals surface area contributed by atoms with Gasteiger partial charge in [0.05, 0.1) is 23.8 Å². The van der Waals surface area contributed by atoms with Crippen molar-refractivity contribution in [3.05, 3.63) is 64.0 Å². The topological polar surface area (TPSA) is 61.9 Å². The third-order valence-corrected chi connectivity index (χ3v) is 6.45. The fourth-order valence-corrected chi connectivity index (χ4v) is 4.80.